The molecule has 1 aliphatic heterocycles. The number of ether oxygens (including phenoxy) is 2. The zero-order valence-corrected chi connectivity index (χ0v) is 15.5. The smallest absolute Gasteiger partial charge is 0.425 e. The largest absolute Gasteiger partial charge is 0.481 e. The molecule has 1 unspecified atom stereocenters. The normalized spacial score (nSPS) is 20.6. The summed E-state index contributed by atoms with van der Waals surface area (Å²) in [7, 11) is 0. The van der Waals surface area contributed by atoms with Crippen molar-refractivity contribution >= 4 is 11.8 Å². The van der Waals surface area contributed by atoms with E-state index in [0.29, 0.717) is 5.56 Å². The van der Waals surface area contributed by atoms with Gasteiger partial charge in [-0.3, -0.25) is 14.6 Å². The highest BCUT2D eigenvalue weighted by molar-refractivity contribution is 5.96. The van der Waals surface area contributed by atoms with Crippen LogP contribution in [-0.4, -0.2) is 48.3 Å². The summed E-state index contributed by atoms with van der Waals surface area (Å²) in [5.74, 6) is -1.40. The Balaban J connectivity index is 1.82. The summed E-state index contributed by atoms with van der Waals surface area (Å²) in [6.45, 7) is 3.16. The summed E-state index contributed by atoms with van der Waals surface area (Å²) >= 11 is 0. The van der Waals surface area contributed by atoms with E-state index < -0.39 is 35.6 Å². The van der Waals surface area contributed by atoms with Gasteiger partial charge in [-0.15, -0.1) is 0 Å². The summed E-state index contributed by atoms with van der Waals surface area (Å²) in [5, 5.41) is 2.52. The van der Waals surface area contributed by atoms with E-state index in [1.807, 2.05) is 0 Å². The molecule has 2 amide bonds. The summed E-state index contributed by atoms with van der Waals surface area (Å²) < 4.78 is 48.9. The molecule has 2 atom stereocenters. The molecule has 1 aromatic heterocycles. The number of hydrogen-bond acceptors (Lipinski definition) is 5. The van der Waals surface area contributed by atoms with Gasteiger partial charge in [0, 0.05) is 23.2 Å². The Kier molecular flexibility index (Phi) is 5.26. The van der Waals surface area contributed by atoms with Crippen LogP contribution in [0.5, 0.6) is 5.75 Å². The molecule has 154 valence electrons. The van der Waals surface area contributed by atoms with Crippen molar-refractivity contribution in [1.29, 1.82) is 0 Å². The zero-order valence-electron chi connectivity index (χ0n) is 15.5. The van der Waals surface area contributed by atoms with Crippen LogP contribution in [-0.2, 0) is 9.53 Å². The van der Waals surface area contributed by atoms with Crippen LogP contribution in [0.1, 0.15) is 48.7 Å². The second kappa shape index (κ2) is 7.23. The fourth-order valence-corrected chi connectivity index (χ4v) is 3.02. The maximum absolute atomic E-state index is 12.9. The molecular formula is C18H22F3N3O4. The molecule has 7 nitrogen and oxygen atoms in total. The molecule has 2 fully saturated rings. The first kappa shape index (κ1) is 20.4. The Morgan fingerprint density at radius 3 is 2.50 bits per heavy atom. The second-order valence-corrected chi connectivity index (χ2v) is 7.64. The number of nitrogens with one attached hydrogen (secondary N) is 1. The van der Waals surface area contributed by atoms with Gasteiger partial charge in [-0.2, -0.15) is 13.2 Å². The van der Waals surface area contributed by atoms with Crippen LogP contribution in [0.2, 0.25) is 0 Å². The number of nitrogens with zero attached hydrogens (tertiary/aromatic N) is 1. The standard InChI is InChI=1S/C18H22F3N3O4/c1-9(18(19,20)21)28-13-5-12(23-6-11(13)10-3-4-10)16(26)24-14(15(22)25)17(2)7-27-8-17/h5-6,9-10,14H,3-4,7-8H2,1-2H3,(H2,22,25)(H,24,26)/t9-,14?/m0/s1. The molecule has 2 heterocycles. The third kappa shape index (κ3) is 4.21. The van der Waals surface area contributed by atoms with Crippen LogP contribution in [0.25, 0.3) is 0 Å². The van der Waals surface area contributed by atoms with Crippen molar-refractivity contribution in [3.63, 3.8) is 0 Å². The number of primary amides is 1. The highest BCUT2D eigenvalue weighted by atomic mass is 19.4. The Bertz CT molecular complexity index is 776. The lowest BCUT2D eigenvalue weighted by Gasteiger charge is -2.42. The highest BCUT2D eigenvalue weighted by Gasteiger charge is 2.45. The lowest BCUT2D eigenvalue weighted by molar-refractivity contribution is -0.189. The summed E-state index contributed by atoms with van der Waals surface area (Å²) in [6.07, 6.45) is -3.56. The van der Waals surface area contributed by atoms with Crippen molar-refractivity contribution in [3.8, 4) is 5.75 Å². The Labute approximate surface area is 159 Å². The molecule has 3 N–H and O–H groups in total. The minimum absolute atomic E-state index is 0.0266. The fourth-order valence-electron chi connectivity index (χ4n) is 3.02. The molecule has 0 bridgehead atoms. The van der Waals surface area contributed by atoms with Crippen molar-refractivity contribution in [2.75, 3.05) is 13.2 Å². The third-order valence-electron chi connectivity index (χ3n) is 5.03. The molecule has 1 aromatic rings. The number of rotatable bonds is 7. The summed E-state index contributed by atoms with van der Waals surface area (Å²) in [5.41, 5.74) is 5.15. The summed E-state index contributed by atoms with van der Waals surface area (Å²) in [6, 6.07) is 0.195. The maximum Gasteiger partial charge on any atom is 0.425 e. The maximum atomic E-state index is 12.9. The van der Waals surface area contributed by atoms with E-state index in [4.69, 9.17) is 15.2 Å². The van der Waals surface area contributed by atoms with E-state index in [1.54, 1.807) is 6.92 Å². The van der Waals surface area contributed by atoms with E-state index in [0.717, 1.165) is 19.8 Å². The highest BCUT2D eigenvalue weighted by Crippen LogP contribution is 2.44. The molecule has 28 heavy (non-hydrogen) atoms. The van der Waals surface area contributed by atoms with Crippen molar-refractivity contribution in [2.24, 2.45) is 11.1 Å². The number of aromatic nitrogens is 1. The van der Waals surface area contributed by atoms with Crippen LogP contribution < -0.4 is 15.8 Å². The Hall–Kier alpha value is -2.36. The van der Waals surface area contributed by atoms with Crippen LogP contribution in [0, 0.1) is 5.41 Å². The van der Waals surface area contributed by atoms with Crippen molar-refractivity contribution in [2.45, 2.75) is 50.9 Å². The number of nitrogens with two attached hydrogens (primary N) is 1. The lowest BCUT2D eigenvalue weighted by atomic mass is 9.80. The predicted octanol–water partition coefficient (Wildman–Crippen LogP) is 1.91. The minimum atomic E-state index is -4.54. The Morgan fingerprint density at radius 2 is 2.04 bits per heavy atom. The molecule has 3 rings (SSSR count). The van der Waals surface area contributed by atoms with Gasteiger partial charge in [0.05, 0.1) is 13.2 Å². The van der Waals surface area contributed by atoms with E-state index in [2.05, 4.69) is 10.3 Å². The van der Waals surface area contributed by atoms with E-state index >= 15 is 0 Å². The average molecular weight is 401 g/mol. The van der Waals surface area contributed by atoms with Gasteiger partial charge in [-0.25, -0.2) is 0 Å². The molecule has 10 heteroatoms. The average Bonchev–Trinajstić information content (AvgIpc) is 3.41. The summed E-state index contributed by atoms with van der Waals surface area (Å²) in [4.78, 5) is 28.4. The number of amides is 2. The topological polar surface area (TPSA) is 104 Å². The van der Waals surface area contributed by atoms with Crippen molar-refractivity contribution in [3.05, 3.63) is 23.5 Å². The molecule has 1 saturated carbocycles. The molecule has 0 spiro atoms. The zero-order chi connectivity index (χ0) is 20.7. The molecule has 1 aliphatic carbocycles. The van der Waals surface area contributed by atoms with Gasteiger partial charge < -0.3 is 20.5 Å². The van der Waals surface area contributed by atoms with Gasteiger partial charge in [-0.1, -0.05) is 6.92 Å². The molecule has 1 saturated heterocycles. The van der Waals surface area contributed by atoms with Gasteiger partial charge in [0.2, 0.25) is 5.91 Å². The molecule has 2 aliphatic rings. The number of carbonyl (C=O) groups is 2. The van der Waals surface area contributed by atoms with Gasteiger partial charge in [0.1, 0.15) is 17.5 Å². The molecule has 0 aromatic carbocycles. The lowest BCUT2D eigenvalue weighted by Crippen LogP contribution is -2.61. The van der Waals surface area contributed by atoms with E-state index in [1.165, 1.54) is 12.3 Å². The minimum Gasteiger partial charge on any atom is -0.481 e. The van der Waals surface area contributed by atoms with Crippen LogP contribution in [0.3, 0.4) is 0 Å². The van der Waals surface area contributed by atoms with Crippen LogP contribution >= 0.6 is 0 Å². The third-order valence-corrected chi connectivity index (χ3v) is 5.03. The fraction of sp³-hybridized carbons (Fsp3) is 0.611. The first-order valence-corrected chi connectivity index (χ1v) is 8.92. The van der Waals surface area contributed by atoms with E-state index in [9.17, 15) is 22.8 Å². The number of alkyl halides is 3. The van der Waals surface area contributed by atoms with Gasteiger partial charge in [-0.05, 0) is 25.7 Å². The first-order chi connectivity index (χ1) is 13.0. The second-order valence-electron chi connectivity index (χ2n) is 7.64. The quantitative estimate of drug-likeness (QED) is 0.727. The van der Waals surface area contributed by atoms with Crippen molar-refractivity contribution in [1.82, 2.24) is 10.3 Å². The number of pyridine rings is 1. The van der Waals surface area contributed by atoms with E-state index in [-0.39, 0.29) is 30.6 Å². The predicted molar refractivity (Wildman–Crippen MR) is 91.7 cm³/mol. The van der Waals surface area contributed by atoms with Crippen molar-refractivity contribution < 1.29 is 32.2 Å². The van der Waals surface area contributed by atoms with Gasteiger partial charge in [0.15, 0.2) is 6.10 Å². The van der Waals surface area contributed by atoms with Crippen LogP contribution in [0.4, 0.5) is 13.2 Å². The van der Waals surface area contributed by atoms with Gasteiger partial charge >= 0.3 is 6.18 Å². The van der Waals surface area contributed by atoms with Gasteiger partial charge in [0.25, 0.3) is 5.91 Å². The monoisotopic (exact) mass is 401 g/mol. The first-order valence-electron chi connectivity index (χ1n) is 8.92. The van der Waals surface area contributed by atoms with Crippen LogP contribution in [0.15, 0.2) is 12.3 Å². The molecular weight excluding hydrogens is 379 g/mol. The number of carbonyl (C=O) groups excluding carboxylic acids is 2. The SMILES string of the molecule is C[C@H](Oc1cc(C(=O)NC(C(N)=O)C2(C)COC2)ncc1C1CC1)C(F)(F)F. The number of hydrogen-bond donors (Lipinski definition) is 2. The number of halogens is 3. The Morgan fingerprint density at radius 1 is 1.39 bits per heavy atom. The molecule has 0 radical (unpaired) electrons.